The molecular formula is C20H19N5O. The first-order valence-corrected chi connectivity index (χ1v) is 8.40. The summed E-state index contributed by atoms with van der Waals surface area (Å²) in [5.74, 6) is 1.55. The highest BCUT2D eigenvalue weighted by Gasteiger charge is 2.14. The number of aliphatic hydroxyl groups is 1. The van der Waals surface area contributed by atoms with Crippen LogP contribution < -0.4 is 4.90 Å². The molecule has 26 heavy (non-hydrogen) atoms. The number of hydrogen-bond donors (Lipinski definition) is 2. The highest BCUT2D eigenvalue weighted by atomic mass is 16.3. The quantitative estimate of drug-likeness (QED) is 0.581. The topological polar surface area (TPSA) is 77.9 Å². The van der Waals surface area contributed by atoms with Gasteiger partial charge in [-0.25, -0.2) is 15.0 Å². The van der Waals surface area contributed by atoms with Crippen molar-refractivity contribution in [3.05, 3.63) is 72.1 Å². The third-order valence-corrected chi connectivity index (χ3v) is 4.30. The van der Waals surface area contributed by atoms with Crippen LogP contribution in [0.25, 0.3) is 22.6 Å². The Hall–Kier alpha value is -3.25. The lowest BCUT2D eigenvalue weighted by Gasteiger charge is -2.18. The highest BCUT2D eigenvalue weighted by Crippen LogP contribution is 2.25. The van der Waals surface area contributed by atoms with Crippen LogP contribution in [-0.4, -0.2) is 32.1 Å². The Morgan fingerprint density at radius 1 is 0.962 bits per heavy atom. The summed E-state index contributed by atoms with van der Waals surface area (Å²) in [7, 11) is 2.01. The first kappa shape index (κ1) is 16.2. The van der Waals surface area contributed by atoms with Gasteiger partial charge in [-0.15, -0.1) is 0 Å². The van der Waals surface area contributed by atoms with Crippen molar-refractivity contribution in [2.75, 3.05) is 11.9 Å². The van der Waals surface area contributed by atoms with Crippen LogP contribution in [0.4, 0.5) is 5.82 Å². The lowest BCUT2D eigenvalue weighted by molar-refractivity contribution is 0.282. The molecule has 0 spiro atoms. The fourth-order valence-corrected chi connectivity index (χ4v) is 2.94. The fourth-order valence-electron chi connectivity index (χ4n) is 2.94. The molecule has 6 heteroatoms. The van der Waals surface area contributed by atoms with Gasteiger partial charge in [0.05, 0.1) is 6.61 Å². The summed E-state index contributed by atoms with van der Waals surface area (Å²) >= 11 is 0. The number of H-pyrrole nitrogens is 1. The van der Waals surface area contributed by atoms with Crippen molar-refractivity contribution >= 4 is 17.0 Å². The molecule has 0 aliphatic rings. The first-order chi connectivity index (χ1) is 12.7. The van der Waals surface area contributed by atoms with Gasteiger partial charge < -0.3 is 15.0 Å². The van der Waals surface area contributed by atoms with Crippen molar-refractivity contribution in [1.82, 2.24) is 19.9 Å². The predicted octanol–water partition coefficient (Wildman–Crippen LogP) is 3.15. The number of benzene rings is 2. The minimum absolute atomic E-state index is 0.0281. The van der Waals surface area contributed by atoms with Gasteiger partial charge in [0, 0.05) is 19.2 Å². The molecule has 0 fully saturated rings. The van der Waals surface area contributed by atoms with E-state index in [1.807, 2.05) is 49.5 Å². The summed E-state index contributed by atoms with van der Waals surface area (Å²) in [6, 6.07) is 17.9. The van der Waals surface area contributed by atoms with Gasteiger partial charge >= 0.3 is 0 Å². The van der Waals surface area contributed by atoms with Crippen LogP contribution in [0.2, 0.25) is 0 Å². The normalized spacial score (nSPS) is 11.0. The molecule has 0 saturated carbocycles. The minimum atomic E-state index is 0.0281. The summed E-state index contributed by atoms with van der Waals surface area (Å²) in [5.41, 5.74) is 4.47. The number of aromatic amines is 1. The van der Waals surface area contributed by atoms with E-state index in [2.05, 4.69) is 37.0 Å². The van der Waals surface area contributed by atoms with Gasteiger partial charge in [-0.3, -0.25) is 0 Å². The molecule has 0 aliphatic heterocycles. The van der Waals surface area contributed by atoms with Crippen molar-refractivity contribution < 1.29 is 5.11 Å². The maximum atomic E-state index is 9.18. The Labute approximate surface area is 151 Å². The SMILES string of the molecule is CN(Cc1ccccc1)c1ncnc2nc(-c3ccc(CO)cc3)[nH]c12. The molecule has 2 N–H and O–H groups in total. The molecule has 2 aromatic carbocycles. The highest BCUT2D eigenvalue weighted by molar-refractivity contribution is 5.85. The van der Waals surface area contributed by atoms with Gasteiger partial charge in [0.2, 0.25) is 0 Å². The summed E-state index contributed by atoms with van der Waals surface area (Å²) in [6.45, 7) is 0.771. The maximum absolute atomic E-state index is 9.18. The Morgan fingerprint density at radius 2 is 1.73 bits per heavy atom. The van der Waals surface area contributed by atoms with Crippen LogP contribution >= 0.6 is 0 Å². The lowest BCUT2D eigenvalue weighted by Crippen LogP contribution is -2.18. The number of rotatable bonds is 5. The van der Waals surface area contributed by atoms with Crippen molar-refractivity contribution in [3.8, 4) is 11.4 Å². The van der Waals surface area contributed by atoms with E-state index in [0.29, 0.717) is 5.65 Å². The molecule has 0 radical (unpaired) electrons. The molecule has 0 amide bonds. The number of imidazole rings is 1. The van der Waals surface area contributed by atoms with Crippen LogP contribution in [0, 0.1) is 0 Å². The molecule has 4 aromatic rings. The third-order valence-electron chi connectivity index (χ3n) is 4.30. The second-order valence-corrected chi connectivity index (χ2v) is 6.18. The Balaban J connectivity index is 1.68. The van der Waals surface area contributed by atoms with Gasteiger partial charge in [0.15, 0.2) is 11.5 Å². The Bertz CT molecular complexity index is 1010. The van der Waals surface area contributed by atoms with Gasteiger partial charge in [0.1, 0.15) is 17.7 Å². The van der Waals surface area contributed by atoms with E-state index in [9.17, 15) is 5.11 Å². The molecule has 2 heterocycles. The number of anilines is 1. The van der Waals surface area contributed by atoms with E-state index in [4.69, 9.17) is 0 Å². The van der Waals surface area contributed by atoms with Gasteiger partial charge in [-0.05, 0) is 11.1 Å². The molecule has 0 unspecified atom stereocenters. The molecule has 2 aromatic heterocycles. The average molecular weight is 345 g/mol. The number of nitrogens with one attached hydrogen (secondary N) is 1. The van der Waals surface area contributed by atoms with Crippen LogP contribution in [0.5, 0.6) is 0 Å². The predicted molar refractivity (Wildman–Crippen MR) is 102 cm³/mol. The monoisotopic (exact) mass is 345 g/mol. The average Bonchev–Trinajstić information content (AvgIpc) is 3.13. The van der Waals surface area contributed by atoms with E-state index in [1.165, 1.54) is 5.56 Å². The van der Waals surface area contributed by atoms with Gasteiger partial charge in [-0.1, -0.05) is 54.6 Å². The minimum Gasteiger partial charge on any atom is -0.392 e. The summed E-state index contributed by atoms with van der Waals surface area (Å²) in [4.78, 5) is 18.8. The molecule has 130 valence electrons. The summed E-state index contributed by atoms with van der Waals surface area (Å²) < 4.78 is 0. The zero-order chi connectivity index (χ0) is 17.9. The number of hydrogen-bond acceptors (Lipinski definition) is 5. The van der Waals surface area contributed by atoms with Gasteiger partial charge in [-0.2, -0.15) is 0 Å². The van der Waals surface area contributed by atoms with Crippen molar-refractivity contribution in [3.63, 3.8) is 0 Å². The van der Waals surface area contributed by atoms with E-state index in [0.717, 1.165) is 34.8 Å². The van der Waals surface area contributed by atoms with E-state index in [1.54, 1.807) is 6.33 Å². The number of nitrogens with zero attached hydrogens (tertiary/aromatic N) is 4. The largest absolute Gasteiger partial charge is 0.392 e. The number of fused-ring (bicyclic) bond motifs is 1. The second kappa shape index (κ2) is 6.93. The molecule has 0 aliphatic carbocycles. The van der Waals surface area contributed by atoms with Crippen molar-refractivity contribution in [2.24, 2.45) is 0 Å². The third kappa shape index (κ3) is 3.14. The zero-order valence-electron chi connectivity index (χ0n) is 14.4. The lowest BCUT2D eigenvalue weighted by atomic mass is 10.1. The van der Waals surface area contributed by atoms with Gasteiger partial charge in [0.25, 0.3) is 0 Å². The van der Waals surface area contributed by atoms with Crippen LogP contribution in [0.1, 0.15) is 11.1 Å². The smallest absolute Gasteiger partial charge is 0.183 e. The van der Waals surface area contributed by atoms with Crippen molar-refractivity contribution in [1.29, 1.82) is 0 Å². The number of aliphatic hydroxyl groups excluding tert-OH is 1. The fraction of sp³-hybridized carbons (Fsp3) is 0.150. The molecule has 6 nitrogen and oxygen atoms in total. The molecule has 0 atom stereocenters. The van der Waals surface area contributed by atoms with Crippen LogP contribution in [0.15, 0.2) is 60.9 Å². The van der Waals surface area contributed by atoms with Crippen molar-refractivity contribution in [2.45, 2.75) is 13.2 Å². The molecule has 0 saturated heterocycles. The Kier molecular flexibility index (Phi) is 4.33. The number of aromatic nitrogens is 4. The Morgan fingerprint density at radius 3 is 2.46 bits per heavy atom. The second-order valence-electron chi connectivity index (χ2n) is 6.18. The first-order valence-electron chi connectivity index (χ1n) is 8.40. The van der Waals surface area contributed by atoms with Crippen LogP contribution in [0.3, 0.4) is 0 Å². The van der Waals surface area contributed by atoms with Crippen LogP contribution in [-0.2, 0) is 13.2 Å². The molecule has 0 bridgehead atoms. The zero-order valence-corrected chi connectivity index (χ0v) is 14.4. The summed E-state index contributed by atoms with van der Waals surface area (Å²) in [5, 5.41) is 9.18. The van der Waals surface area contributed by atoms with E-state index >= 15 is 0 Å². The van der Waals surface area contributed by atoms with E-state index < -0.39 is 0 Å². The standard InChI is InChI=1S/C20H19N5O/c1-25(11-14-5-3-2-4-6-14)20-17-19(21-13-22-20)24-18(23-17)16-9-7-15(12-26)8-10-16/h2-10,13,26H,11-12H2,1H3,(H,21,22,23,24). The van der Waals surface area contributed by atoms with E-state index in [-0.39, 0.29) is 6.61 Å². The molecular weight excluding hydrogens is 326 g/mol. The summed E-state index contributed by atoms with van der Waals surface area (Å²) in [6.07, 6.45) is 1.54. The molecule has 4 rings (SSSR count). The maximum Gasteiger partial charge on any atom is 0.183 e.